The number of hydrogen-bond acceptors (Lipinski definition) is 6. The molecule has 0 aliphatic rings. The van der Waals surface area contributed by atoms with E-state index in [2.05, 4.69) is 37.0 Å². The molecule has 0 radical (unpaired) electrons. The molecule has 158 valence electrons. The number of benzene rings is 2. The second-order valence-electron chi connectivity index (χ2n) is 7.91. The fraction of sp³-hybridized carbons (Fsp3) is 0.348. The number of carbonyl (C=O) groups is 1. The summed E-state index contributed by atoms with van der Waals surface area (Å²) in [6.07, 6.45) is 0.505. The van der Waals surface area contributed by atoms with Gasteiger partial charge in [0.15, 0.2) is 12.6 Å². The normalized spacial score (nSPS) is 11.5. The Morgan fingerprint density at radius 1 is 1.13 bits per heavy atom. The van der Waals surface area contributed by atoms with Crippen LogP contribution in [-0.4, -0.2) is 34.6 Å². The van der Waals surface area contributed by atoms with Crippen molar-refractivity contribution in [2.75, 3.05) is 13.4 Å². The molecule has 7 heteroatoms. The van der Waals surface area contributed by atoms with E-state index in [1.165, 1.54) is 12.1 Å². The van der Waals surface area contributed by atoms with Gasteiger partial charge in [-0.15, -0.1) is 0 Å². The molecule has 0 bridgehead atoms. The van der Waals surface area contributed by atoms with Crippen LogP contribution in [0.15, 0.2) is 47.0 Å². The lowest BCUT2D eigenvalue weighted by atomic mass is 9.85. The van der Waals surface area contributed by atoms with Crippen LogP contribution in [0.1, 0.15) is 55.0 Å². The van der Waals surface area contributed by atoms with Gasteiger partial charge in [-0.1, -0.05) is 38.1 Å². The third-order valence-electron chi connectivity index (χ3n) is 4.56. The molecule has 0 unspecified atom stereocenters. The van der Waals surface area contributed by atoms with E-state index in [1.54, 1.807) is 12.1 Å². The fourth-order valence-corrected chi connectivity index (χ4v) is 2.97. The molecule has 2 aromatic carbocycles. The number of ether oxygens (including phenoxy) is 2. The Kier molecular flexibility index (Phi) is 6.52. The van der Waals surface area contributed by atoms with Crippen LogP contribution in [0.25, 0.3) is 11.5 Å². The highest BCUT2D eigenvalue weighted by Crippen LogP contribution is 2.33. The monoisotopic (exact) mass is 410 g/mol. The third kappa shape index (κ3) is 5.24. The molecule has 0 atom stereocenters. The summed E-state index contributed by atoms with van der Waals surface area (Å²) in [5.74, 6) is 0.730. The molecule has 0 aliphatic heterocycles. The molecule has 0 aliphatic carbocycles. The summed E-state index contributed by atoms with van der Waals surface area (Å²) in [6.45, 7) is 9.14. The molecule has 3 aromatic rings. The first-order valence-corrected chi connectivity index (χ1v) is 9.78. The Hall–Kier alpha value is -3.19. The highest BCUT2D eigenvalue weighted by atomic mass is 16.7. The first kappa shape index (κ1) is 21.5. The zero-order valence-corrected chi connectivity index (χ0v) is 17.6. The predicted octanol–water partition coefficient (Wildman–Crippen LogP) is 4.70. The summed E-state index contributed by atoms with van der Waals surface area (Å²) in [5.41, 5.74) is 2.89. The second-order valence-corrected chi connectivity index (χ2v) is 7.91. The molecule has 3 rings (SSSR count). The maximum atomic E-state index is 11.0. The van der Waals surface area contributed by atoms with E-state index in [4.69, 9.17) is 19.1 Å². The van der Waals surface area contributed by atoms with Gasteiger partial charge < -0.3 is 19.1 Å². The summed E-state index contributed by atoms with van der Waals surface area (Å²) in [7, 11) is 0. The molecule has 1 N–H and O–H groups in total. The minimum atomic E-state index is -0.976. The summed E-state index contributed by atoms with van der Waals surface area (Å²) in [4.78, 5) is 15.4. The van der Waals surface area contributed by atoms with Gasteiger partial charge in [-0.2, -0.15) is 4.98 Å². The van der Waals surface area contributed by atoms with Crippen LogP contribution < -0.4 is 4.74 Å². The average Bonchev–Trinajstić information content (AvgIpc) is 3.17. The van der Waals surface area contributed by atoms with E-state index in [9.17, 15) is 4.79 Å². The van der Waals surface area contributed by atoms with Crippen molar-refractivity contribution in [1.82, 2.24) is 10.1 Å². The first-order chi connectivity index (χ1) is 14.3. The molecule has 1 heterocycles. The van der Waals surface area contributed by atoms with Gasteiger partial charge in [-0.25, -0.2) is 4.79 Å². The Bertz CT molecular complexity index is 1000. The van der Waals surface area contributed by atoms with E-state index in [0.29, 0.717) is 30.3 Å². The fourth-order valence-electron chi connectivity index (χ4n) is 2.97. The number of rotatable bonds is 8. The number of carboxylic acid groups (broad SMARTS) is 1. The molecule has 0 saturated carbocycles. The SMILES string of the molecule is CCOCOc1ccc(Cc2noc(-c3ccc(C(=O)O)cc3)n2)cc1C(C)(C)C. The summed E-state index contributed by atoms with van der Waals surface area (Å²) in [5, 5.41) is 13.1. The molecule has 1 aromatic heterocycles. The quantitative estimate of drug-likeness (QED) is 0.425. The molecule has 0 saturated heterocycles. The molecule has 0 amide bonds. The molecule has 7 nitrogen and oxygen atoms in total. The van der Waals surface area contributed by atoms with Gasteiger partial charge in [0.1, 0.15) is 5.75 Å². The largest absolute Gasteiger partial charge is 0.478 e. The Labute approximate surface area is 175 Å². The van der Waals surface area contributed by atoms with Gasteiger partial charge in [0.25, 0.3) is 5.89 Å². The van der Waals surface area contributed by atoms with Crippen LogP contribution in [0, 0.1) is 0 Å². The number of nitrogens with zero attached hydrogens (tertiary/aromatic N) is 2. The van der Waals surface area contributed by atoms with E-state index in [-0.39, 0.29) is 17.8 Å². The zero-order chi connectivity index (χ0) is 21.7. The number of hydrogen-bond donors (Lipinski definition) is 1. The topological polar surface area (TPSA) is 94.7 Å². The van der Waals surface area contributed by atoms with E-state index < -0.39 is 5.97 Å². The lowest BCUT2D eigenvalue weighted by molar-refractivity contribution is 0.0213. The number of aromatic carboxylic acids is 1. The van der Waals surface area contributed by atoms with Crippen molar-refractivity contribution in [1.29, 1.82) is 0 Å². The van der Waals surface area contributed by atoms with Crippen molar-refractivity contribution in [2.24, 2.45) is 0 Å². The van der Waals surface area contributed by atoms with E-state index in [1.807, 2.05) is 19.1 Å². The van der Waals surface area contributed by atoms with Crippen molar-refractivity contribution < 1.29 is 23.9 Å². The number of carboxylic acids is 1. The zero-order valence-electron chi connectivity index (χ0n) is 17.6. The van der Waals surface area contributed by atoms with Crippen molar-refractivity contribution in [3.8, 4) is 17.2 Å². The Morgan fingerprint density at radius 2 is 1.87 bits per heavy atom. The van der Waals surface area contributed by atoms with Crippen LogP contribution in [0.3, 0.4) is 0 Å². The summed E-state index contributed by atoms with van der Waals surface area (Å²) < 4.78 is 16.5. The Morgan fingerprint density at radius 3 is 2.50 bits per heavy atom. The average molecular weight is 410 g/mol. The molecule has 0 fully saturated rings. The third-order valence-corrected chi connectivity index (χ3v) is 4.56. The standard InChI is InChI=1S/C23H26N2O5/c1-5-28-14-29-19-11-6-15(12-18(19)23(2,3)4)13-20-24-21(30-25-20)16-7-9-17(10-8-16)22(26)27/h6-12H,5,13-14H2,1-4H3,(H,26,27). The van der Waals surface area contributed by atoms with Crippen molar-refractivity contribution >= 4 is 5.97 Å². The first-order valence-electron chi connectivity index (χ1n) is 9.78. The van der Waals surface area contributed by atoms with Gasteiger partial charge in [0, 0.05) is 18.6 Å². The van der Waals surface area contributed by atoms with Crippen LogP contribution in [-0.2, 0) is 16.6 Å². The van der Waals surface area contributed by atoms with Gasteiger partial charge in [0.2, 0.25) is 0 Å². The van der Waals surface area contributed by atoms with E-state index in [0.717, 1.165) is 16.9 Å². The highest BCUT2D eigenvalue weighted by molar-refractivity contribution is 5.88. The minimum absolute atomic E-state index is 0.105. The lowest BCUT2D eigenvalue weighted by Crippen LogP contribution is -2.15. The van der Waals surface area contributed by atoms with Crippen LogP contribution in [0.2, 0.25) is 0 Å². The second kappa shape index (κ2) is 9.09. The minimum Gasteiger partial charge on any atom is -0.478 e. The van der Waals surface area contributed by atoms with Crippen molar-refractivity contribution in [2.45, 2.75) is 39.5 Å². The smallest absolute Gasteiger partial charge is 0.335 e. The highest BCUT2D eigenvalue weighted by Gasteiger charge is 2.20. The van der Waals surface area contributed by atoms with Gasteiger partial charge in [0.05, 0.1) is 5.56 Å². The van der Waals surface area contributed by atoms with Crippen LogP contribution in [0.4, 0.5) is 0 Å². The van der Waals surface area contributed by atoms with Crippen molar-refractivity contribution in [3.63, 3.8) is 0 Å². The molecule has 30 heavy (non-hydrogen) atoms. The maximum Gasteiger partial charge on any atom is 0.335 e. The van der Waals surface area contributed by atoms with Gasteiger partial charge in [-0.3, -0.25) is 0 Å². The summed E-state index contributed by atoms with van der Waals surface area (Å²) >= 11 is 0. The molecular weight excluding hydrogens is 384 g/mol. The van der Waals surface area contributed by atoms with Crippen molar-refractivity contribution in [3.05, 3.63) is 65.0 Å². The Balaban J connectivity index is 1.78. The molecule has 0 spiro atoms. The predicted molar refractivity (Wildman–Crippen MR) is 112 cm³/mol. The van der Waals surface area contributed by atoms with Crippen LogP contribution in [0.5, 0.6) is 5.75 Å². The van der Waals surface area contributed by atoms with Gasteiger partial charge >= 0.3 is 5.97 Å². The number of aromatic nitrogens is 2. The molecular formula is C23H26N2O5. The maximum absolute atomic E-state index is 11.0. The lowest BCUT2D eigenvalue weighted by Gasteiger charge is -2.23. The summed E-state index contributed by atoms with van der Waals surface area (Å²) in [6, 6.07) is 12.4. The van der Waals surface area contributed by atoms with Gasteiger partial charge in [-0.05, 0) is 53.8 Å². The van der Waals surface area contributed by atoms with E-state index >= 15 is 0 Å². The van der Waals surface area contributed by atoms with Crippen LogP contribution >= 0.6 is 0 Å².